The summed E-state index contributed by atoms with van der Waals surface area (Å²) in [4.78, 5) is 8.56. The molecule has 0 aliphatic rings. The monoisotopic (exact) mass is 245 g/mol. The minimum atomic E-state index is -0.267. The van der Waals surface area contributed by atoms with Crippen LogP contribution in [0.4, 0.5) is 10.2 Å². The lowest BCUT2D eigenvalue weighted by molar-refractivity contribution is 0.630. The van der Waals surface area contributed by atoms with Crippen LogP contribution in [0.25, 0.3) is 11.3 Å². The summed E-state index contributed by atoms with van der Waals surface area (Å²) in [7, 11) is 0. The number of halogens is 1. The first-order valence-corrected chi connectivity index (χ1v) is 6.05. The number of hydrogen-bond acceptors (Lipinski definition) is 3. The fraction of sp³-hybridized carbons (Fsp3) is 0.286. The van der Waals surface area contributed by atoms with Crippen LogP contribution in [-0.2, 0) is 0 Å². The summed E-state index contributed by atoms with van der Waals surface area (Å²) >= 11 is 0. The van der Waals surface area contributed by atoms with Gasteiger partial charge in [0.1, 0.15) is 17.5 Å². The molecular weight excluding hydrogens is 229 g/mol. The zero-order valence-electron chi connectivity index (χ0n) is 10.6. The molecule has 0 unspecified atom stereocenters. The van der Waals surface area contributed by atoms with E-state index in [1.54, 1.807) is 24.3 Å². The van der Waals surface area contributed by atoms with Gasteiger partial charge in [0, 0.05) is 18.2 Å². The quantitative estimate of drug-likeness (QED) is 0.897. The van der Waals surface area contributed by atoms with Crippen molar-refractivity contribution >= 4 is 5.82 Å². The summed E-state index contributed by atoms with van der Waals surface area (Å²) in [5.74, 6) is 1.11. The first kappa shape index (κ1) is 12.5. The molecule has 18 heavy (non-hydrogen) atoms. The molecule has 3 nitrogen and oxygen atoms in total. The molecule has 0 saturated heterocycles. The van der Waals surface area contributed by atoms with Gasteiger partial charge in [-0.25, -0.2) is 14.4 Å². The molecule has 2 rings (SSSR count). The molecule has 0 saturated carbocycles. The summed E-state index contributed by atoms with van der Waals surface area (Å²) in [5, 5.41) is 3.19. The average Bonchev–Trinajstić information content (AvgIpc) is 2.36. The van der Waals surface area contributed by atoms with Crippen molar-refractivity contribution in [2.75, 3.05) is 11.9 Å². The number of nitrogens with zero attached hydrogens (tertiary/aromatic N) is 2. The van der Waals surface area contributed by atoms with Crippen LogP contribution in [-0.4, -0.2) is 16.5 Å². The number of nitrogens with one attached hydrogen (secondary N) is 1. The van der Waals surface area contributed by atoms with Gasteiger partial charge in [0.2, 0.25) is 0 Å². The van der Waals surface area contributed by atoms with E-state index in [4.69, 9.17) is 0 Å². The normalized spacial score (nSPS) is 10.4. The van der Waals surface area contributed by atoms with Crippen LogP contribution >= 0.6 is 0 Å². The Morgan fingerprint density at radius 1 is 1.22 bits per heavy atom. The molecule has 0 radical (unpaired) electrons. The molecule has 0 spiro atoms. The molecule has 1 N–H and O–H groups in total. The lowest BCUT2D eigenvalue weighted by Crippen LogP contribution is -2.04. The molecule has 1 aromatic carbocycles. The molecule has 0 fully saturated rings. The van der Waals surface area contributed by atoms with E-state index in [2.05, 4.69) is 22.2 Å². The largest absolute Gasteiger partial charge is 0.370 e. The molecule has 0 aliphatic heterocycles. The highest BCUT2D eigenvalue weighted by atomic mass is 19.1. The van der Waals surface area contributed by atoms with Crippen LogP contribution in [0.15, 0.2) is 30.3 Å². The first-order chi connectivity index (χ1) is 8.70. The summed E-state index contributed by atoms with van der Waals surface area (Å²) in [6, 6.07) is 8.41. The number of rotatable bonds is 4. The van der Waals surface area contributed by atoms with E-state index in [0.29, 0.717) is 17.1 Å². The molecule has 4 heteroatoms. The maximum Gasteiger partial charge on any atom is 0.132 e. The van der Waals surface area contributed by atoms with Crippen molar-refractivity contribution in [2.24, 2.45) is 0 Å². The summed E-state index contributed by atoms with van der Waals surface area (Å²) in [6.45, 7) is 4.73. The van der Waals surface area contributed by atoms with Crippen molar-refractivity contribution in [2.45, 2.75) is 20.3 Å². The SMILES string of the molecule is CCCNc1cc(-c2ccccc2F)nc(C)n1. The number of anilines is 1. The van der Waals surface area contributed by atoms with E-state index in [1.807, 2.05) is 6.92 Å². The van der Waals surface area contributed by atoms with Gasteiger partial charge >= 0.3 is 0 Å². The van der Waals surface area contributed by atoms with Crippen molar-refractivity contribution in [1.82, 2.24) is 9.97 Å². The van der Waals surface area contributed by atoms with E-state index >= 15 is 0 Å². The Balaban J connectivity index is 2.39. The van der Waals surface area contributed by atoms with Gasteiger partial charge in [-0.3, -0.25) is 0 Å². The maximum absolute atomic E-state index is 13.7. The maximum atomic E-state index is 13.7. The first-order valence-electron chi connectivity index (χ1n) is 6.05. The van der Waals surface area contributed by atoms with Crippen LogP contribution in [0.1, 0.15) is 19.2 Å². The number of aromatic nitrogens is 2. The average molecular weight is 245 g/mol. The Bertz CT molecular complexity index is 540. The Kier molecular flexibility index (Phi) is 3.87. The van der Waals surface area contributed by atoms with Crippen LogP contribution in [0.2, 0.25) is 0 Å². The van der Waals surface area contributed by atoms with E-state index in [0.717, 1.165) is 18.8 Å². The predicted molar refractivity (Wildman–Crippen MR) is 70.9 cm³/mol. The molecule has 0 aliphatic carbocycles. The van der Waals surface area contributed by atoms with E-state index < -0.39 is 0 Å². The van der Waals surface area contributed by atoms with E-state index in [-0.39, 0.29) is 5.82 Å². The summed E-state index contributed by atoms with van der Waals surface area (Å²) in [6.07, 6.45) is 1.01. The predicted octanol–water partition coefficient (Wildman–Crippen LogP) is 3.41. The topological polar surface area (TPSA) is 37.8 Å². The van der Waals surface area contributed by atoms with Crippen molar-refractivity contribution < 1.29 is 4.39 Å². The Morgan fingerprint density at radius 3 is 2.72 bits per heavy atom. The van der Waals surface area contributed by atoms with Gasteiger partial charge in [-0.2, -0.15) is 0 Å². The molecule has 1 heterocycles. The smallest absolute Gasteiger partial charge is 0.132 e. The zero-order chi connectivity index (χ0) is 13.0. The van der Waals surface area contributed by atoms with Gasteiger partial charge in [0.05, 0.1) is 5.69 Å². The standard InChI is InChI=1S/C14H16FN3/c1-3-8-16-14-9-13(17-10(2)18-14)11-6-4-5-7-12(11)15/h4-7,9H,3,8H2,1-2H3,(H,16,17,18). The molecule has 1 aromatic heterocycles. The lowest BCUT2D eigenvalue weighted by Gasteiger charge is -2.08. The van der Waals surface area contributed by atoms with Gasteiger partial charge in [0.15, 0.2) is 0 Å². The van der Waals surface area contributed by atoms with Crippen LogP contribution in [0, 0.1) is 12.7 Å². The van der Waals surface area contributed by atoms with E-state index in [9.17, 15) is 4.39 Å². The third-order valence-corrected chi connectivity index (χ3v) is 2.54. The number of hydrogen-bond donors (Lipinski definition) is 1. The molecule has 94 valence electrons. The third kappa shape index (κ3) is 2.83. The van der Waals surface area contributed by atoms with Gasteiger partial charge in [0.25, 0.3) is 0 Å². The Morgan fingerprint density at radius 2 is 2.00 bits per heavy atom. The molecule has 0 atom stereocenters. The van der Waals surface area contributed by atoms with Gasteiger partial charge in [-0.05, 0) is 25.5 Å². The zero-order valence-corrected chi connectivity index (χ0v) is 10.6. The number of aryl methyl sites for hydroxylation is 1. The minimum absolute atomic E-state index is 0.267. The Labute approximate surface area is 106 Å². The van der Waals surface area contributed by atoms with Crippen molar-refractivity contribution in [3.8, 4) is 11.3 Å². The molecule has 0 bridgehead atoms. The van der Waals surface area contributed by atoms with Gasteiger partial charge in [-0.15, -0.1) is 0 Å². The minimum Gasteiger partial charge on any atom is -0.370 e. The highest BCUT2D eigenvalue weighted by Crippen LogP contribution is 2.22. The fourth-order valence-electron chi connectivity index (χ4n) is 1.72. The second-order valence-corrected chi connectivity index (χ2v) is 4.09. The van der Waals surface area contributed by atoms with Crippen molar-refractivity contribution in [3.05, 3.63) is 42.0 Å². The fourth-order valence-corrected chi connectivity index (χ4v) is 1.72. The summed E-state index contributed by atoms with van der Waals surface area (Å²) in [5.41, 5.74) is 1.11. The third-order valence-electron chi connectivity index (χ3n) is 2.54. The summed E-state index contributed by atoms with van der Waals surface area (Å²) < 4.78 is 13.7. The number of benzene rings is 1. The second kappa shape index (κ2) is 5.58. The second-order valence-electron chi connectivity index (χ2n) is 4.09. The van der Waals surface area contributed by atoms with E-state index in [1.165, 1.54) is 6.07 Å². The van der Waals surface area contributed by atoms with Crippen LogP contribution in [0.3, 0.4) is 0 Å². The molecule has 2 aromatic rings. The van der Waals surface area contributed by atoms with Crippen LogP contribution < -0.4 is 5.32 Å². The lowest BCUT2D eigenvalue weighted by atomic mass is 10.1. The Hall–Kier alpha value is -1.97. The van der Waals surface area contributed by atoms with Crippen molar-refractivity contribution in [3.63, 3.8) is 0 Å². The highest BCUT2D eigenvalue weighted by molar-refractivity contribution is 5.63. The highest BCUT2D eigenvalue weighted by Gasteiger charge is 2.08. The van der Waals surface area contributed by atoms with Gasteiger partial charge < -0.3 is 5.32 Å². The molecule has 0 amide bonds. The van der Waals surface area contributed by atoms with Crippen molar-refractivity contribution in [1.29, 1.82) is 0 Å². The van der Waals surface area contributed by atoms with Crippen LogP contribution in [0.5, 0.6) is 0 Å². The van der Waals surface area contributed by atoms with Gasteiger partial charge in [-0.1, -0.05) is 19.1 Å². The molecular formula is C14H16FN3.